The Morgan fingerprint density at radius 1 is 0.885 bits per heavy atom. The summed E-state index contributed by atoms with van der Waals surface area (Å²) in [6.45, 7) is 1.18. The predicted octanol–water partition coefficient (Wildman–Crippen LogP) is 5.52. The van der Waals surface area contributed by atoms with Crippen molar-refractivity contribution >= 4 is 21.8 Å². The first kappa shape index (κ1) is 11.2. The van der Waals surface area contributed by atoms with E-state index in [1.165, 1.54) is 18.2 Å². The first-order valence-corrected chi connectivity index (χ1v) is 8.80. The smallest absolute Gasteiger partial charge is 0.229 e. The summed E-state index contributed by atoms with van der Waals surface area (Å²) >= 11 is 0. The molecule has 0 spiro atoms. The van der Waals surface area contributed by atoms with Crippen molar-refractivity contribution in [1.82, 2.24) is 4.57 Å². The molecule has 132 valence electrons. The van der Waals surface area contributed by atoms with Crippen LogP contribution in [0.5, 0.6) is 0 Å². The number of aromatic nitrogens is 2. The molecular formula is C24H27N2+. The van der Waals surface area contributed by atoms with Crippen molar-refractivity contribution in [2.24, 2.45) is 7.05 Å². The first-order chi connectivity index (χ1) is 14.7. The summed E-state index contributed by atoms with van der Waals surface area (Å²) in [5, 5.41) is 1.94. The molecule has 1 aromatic heterocycles. The standard InChI is InChI=1S/C24H27N2/c1-16-10-9-11-17(2)21(16)26-22-19-13-8-7-12-18(19)14-15-20(22)25(6)23(26)24(3,4)5/h7-15H,1-6H3/q+1/i1D3,2D3. The lowest BCUT2D eigenvalue weighted by molar-refractivity contribution is -0.582. The van der Waals surface area contributed by atoms with Crippen molar-refractivity contribution in [3.8, 4) is 5.69 Å². The minimum Gasteiger partial charge on any atom is -0.229 e. The van der Waals surface area contributed by atoms with E-state index in [0.29, 0.717) is 0 Å². The van der Waals surface area contributed by atoms with Crippen LogP contribution >= 0.6 is 0 Å². The second kappa shape index (κ2) is 5.70. The zero-order valence-electron chi connectivity index (χ0n) is 21.6. The third kappa shape index (κ3) is 2.36. The van der Waals surface area contributed by atoms with Crippen LogP contribution in [0.25, 0.3) is 27.5 Å². The third-order valence-electron chi connectivity index (χ3n) is 4.92. The highest BCUT2D eigenvalue weighted by Crippen LogP contribution is 2.31. The Morgan fingerprint density at radius 2 is 1.58 bits per heavy atom. The summed E-state index contributed by atoms with van der Waals surface area (Å²) in [6.07, 6.45) is 0. The van der Waals surface area contributed by atoms with Crippen LogP contribution in [-0.2, 0) is 12.5 Å². The Labute approximate surface area is 164 Å². The van der Waals surface area contributed by atoms with Crippen molar-refractivity contribution in [3.05, 3.63) is 71.5 Å². The Bertz CT molecular complexity index is 1310. The SMILES string of the molecule is [2H]C([2H])([2H])c1cccc(C([2H])([2H])[2H])c1-[n+]1c(C(C)(C)C)n(C)c2ccc3ccccc3c21. The molecule has 2 heteroatoms. The molecule has 4 aromatic rings. The highest BCUT2D eigenvalue weighted by Gasteiger charge is 2.35. The zero-order chi connectivity index (χ0) is 23.6. The number of para-hydroxylation sites is 1. The van der Waals surface area contributed by atoms with Gasteiger partial charge in [0.2, 0.25) is 0 Å². The van der Waals surface area contributed by atoms with E-state index in [2.05, 4.69) is 0 Å². The average Bonchev–Trinajstić information content (AvgIpc) is 2.99. The molecule has 0 bridgehead atoms. The van der Waals surface area contributed by atoms with Crippen molar-refractivity contribution in [2.45, 2.75) is 39.9 Å². The van der Waals surface area contributed by atoms with Gasteiger partial charge < -0.3 is 0 Å². The average molecular weight is 350 g/mol. The van der Waals surface area contributed by atoms with E-state index in [-0.39, 0.29) is 16.8 Å². The van der Waals surface area contributed by atoms with E-state index in [1.807, 2.05) is 73.4 Å². The highest BCUT2D eigenvalue weighted by atomic mass is 15.2. The van der Waals surface area contributed by atoms with Crippen LogP contribution < -0.4 is 4.57 Å². The van der Waals surface area contributed by atoms with Gasteiger partial charge in [0, 0.05) is 13.6 Å². The van der Waals surface area contributed by atoms with Gasteiger partial charge in [0.1, 0.15) is 5.69 Å². The van der Waals surface area contributed by atoms with Crippen molar-refractivity contribution in [3.63, 3.8) is 0 Å². The second-order valence-electron chi connectivity index (χ2n) is 7.82. The molecule has 0 saturated carbocycles. The number of aryl methyl sites for hydroxylation is 3. The van der Waals surface area contributed by atoms with E-state index in [0.717, 1.165) is 27.6 Å². The molecular weight excluding hydrogens is 316 g/mol. The number of hydrogen-bond acceptors (Lipinski definition) is 0. The molecule has 0 unspecified atom stereocenters. The number of nitrogens with zero attached hydrogens (tertiary/aromatic N) is 2. The number of rotatable bonds is 1. The quantitative estimate of drug-likeness (QED) is 0.400. The topological polar surface area (TPSA) is 8.81 Å². The minimum atomic E-state index is -2.48. The maximum absolute atomic E-state index is 8.20. The molecule has 0 saturated heterocycles. The maximum Gasteiger partial charge on any atom is 0.267 e. The number of fused-ring (bicyclic) bond motifs is 3. The van der Waals surface area contributed by atoms with Crippen LogP contribution in [-0.4, -0.2) is 4.57 Å². The molecule has 4 rings (SSSR count). The monoisotopic (exact) mass is 349 g/mol. The largest absolute Gasteiger partial charge is 0.267 e. The predicted molar refractivity (Wildman–Crippen MR) is 110 cm³/mol. The molecule has 0 aliphatic rings. The molecule has 0 fully saturated rings. The van der Waals surface area contributed by atoms with Crippen LogP contribution in [0.3, 0.4) is 0 Å². The van der Waals surface area contributed by atoms with Crippen LogP contribution in [0, 0.1) is 13.7 Å². The summed E-state index contributed by atoms with van der Waals surface area (Å²) < 4.78 is 53.1. The van der Waals surface area contributed by atoms with Gasteiger partial charge in [0.05, 0.1) is 12.5 Å². The van der Waals surface area contributed by atoms with Gasteiger partial charge in [-0.15, -0.1) is 0 Å². The lowest BCUT2D eigenvalue weighted by Crippen LogP contribution is -2.42. The maximum atomic E-state index is 8.20. The van der Waals surface area contributed by atoms with Crippen molar-refractivity contribution in [1.29, 1.82) is 0 Å². The molecule has 3 aromatic carbocycles. The molecule has 0 aliphatic carbocycles. The number of imidazole rings is 1. The van der Waals surface area contributed by atoms with Gasteiger partial charge in [-0.25, -0.2) is 4.57 Å². The van der Waals surface area contributed by atoms with E-state index in [1.54, 1.807) is 0 Å². The Hall–Kier alpha value is -2.61. The third-order valence-corrected chi connectivity index (χ3v) is 4.92. The highest BCUT2D eigenvalue weighted by molar-refractivity contribution is 6.02. The van der Waals surface area contributed by atoms with Gasteiger partial charge in [-0.1, -0.05) is 36.4 Å². The molecule has 0 N–H and O–H groups in total. The van der Waals surface area contributed by atoms with Gasteiger partial charge in [-0.2, -0.15) is 4.57 Å². The van der Waals surface area contributed by atoms with Crippen LogP contribution in [0.2, 0.25) is 0 Å². The van der Waals surface area contributed by atoms with E-state index >= 15 is 0 Å². The summed E-state index contributed by atoms with van der Waals surface area (Å²) in [5.74, 6) is 0.825. The van der Waals surface area contributed by atoms with Crippen molar-refractivity contribution in [2.75, 3.05) is 0 Å². The fourth-order valence-corrected chi connectivity index (χ4v) is 3.96. The first-order valence-electron chi connectivity index (χ1n) is 11.8. The van der Waals surface area contributed by atoms with Crippen LogP contribution in [0.1, 0.15) is 45.9 Å². The van der Waals surface area contributed by atoms with Crippen LogP contribution in [0.15, 0.2) is 54.6 Å². The van der Waals surface area contributed by atoms with E-state index < -0.39 is 19.1 Å². The summed E-state index contributed by atoms with van der Waals surface area (Å²) in [4.78, 5) is 0. The Kier molecular flexibility index (Phi) is 2.45. The number of benzene rings is 3. The van der Waals surface area contributed by atoms with Gasteiger partial charge in [0.25, 0.3) is 5.82 Å². The molecule has 0 atom stereocenters. The van der Waals surface area contributed by atoms with Gasteiger partial charge >= 0.3 is 0 Å². The zero-order valence-corrected chi connectivity index (χ0v) is 15.6. The molecule has 2 nitrogen and oxygen atoms in total. The van der Waals surface area contributed by atoms with Gasteiger partial charge in [-0.3, -0.25) is 0 Å². The summed E-state index contributed by atoms with van der Waals surface area (Å²) in [7, 11) is 1.95. The van der Waals surface area contributed by atoms with E-state index in [4.69, 9.17) is 8.22 Å². The lowest BCUT2D eigenvalue weighted by atomic mass is 9.94. The molecule has 0 aliphatic heterocycles. The normalized spacial score (nSPS) is 16.6. The lowest BCUT2D eigenvalue weighted by Gasteiger charge is -2.18. The molecule has 1 heterocycles. The fourth-order valence-electron chi connectivity index (χ4n) is 3.96. The Morgan fingerprint density at radius 3 is 2.23 bits per heavy atom. The minimum absolute atomic E-state index is 0.0297. The molecule has 0 radical (unpaired) electrons. The molecule has 26 heavy (non-hydrogen) atoms. The van der Waals surface area contributed by atoms with Gasteiger partial charge in [0.15, 0.2) is 11.0 Å². The van der Waals surface area contributed by atoms with Crippen LogP contribution in [0.4, 0.5) is 0 Å². The van der Waals surface area contributed by atoms with E-state index in [9.17, 15) is 0 Å². The van der Waals surface area contributed by atoms with Crippen molar-refractivity contribution < 1.29 is 12.8 Å². The Balaban J connectivity index is 2.36. The fraction of sp³-hybridized carbons (Fsp3) is 0.292. The summed E-state index contributed by atoms with van der Waals surface area (Å²) in [5.41, 5.74) is 1.59. The molecule has 0 amide bonds. The second-order valence-corrected chi connectivity index (χ2v) is 7.82. The summed E-state index contributed by atoms with van der Waals surface area (Å²) in [6, 6.07) is 16.5. The number of hydrogen-bond donors (Lipinski definition) is 0. The van der Waals surface area contributed by atoms with Gasteiger partial charge in [-0.05, 0) is 69.2 Å².